The Hall–Kier alpha value is -1.54. The van der Waals surface area contributed by atoms with Gasteiger partial charge in [-0.3, -0.25) is 4.79 Å². The van der Waals surface area contributed by atoms with Crippen molar-refractivity contribution in [1.82, 2.24) is 14.8 Å². The Balaban J connectivity index is 1.77. The van der Waals surface area contributed by atoms with Crippen LogP contribution in [0.3, 0.4) is 0 Å². The highest BCUT2D eigenvalue weighted by Gasteiger charge is 2.10. The van der Waals surface area contributed by atoms with Crippen molar-refractivity contribution in [2.75, 3.05) is 12.4 Å². The van der Waals surface area contributed by atoms with Crippen LogP contribution < -0.4 is 10.5 Å². The first-order valence-corrected chi connectivity index (χ1v) is 8.52. The van der Waals surface area contributed by atoms with Crippen LogP contribution in [0.2, 0.25) is 0 Å². The third-order valence-corrected chi connectivity index (χ3v) is 4.43. The predicted octanol–water partition coefficient (Wildman–Crippen LogP) is 2.17. The summed E-state index contributed by atoms with van der Waals surface area (Å²) in [5.41, 5.74) is 5.14. The zero-order valence-electron chi connectivity index (χ0n) is 12.2. The molecule has 0 atom stereocenters. The SMILES string of the molecule is Cn1c(CCC(N)=O)nnc1SCCOc1ccc(Br)cc1. The van der Waals surface area contributed by atoms with Crippen LogP contribution in [0.25, 0.3) is 0 Å². The van der Waals surface area contributed by atoms with E-state index in [1.54, 1.807) is 11.8 Å². The Morgan fingerprint density at radius 3 is 2.77 bits per heavy atom. The maximum absolute atomic E-state index is 10.8. The van der Waals surface area contributed by atoms with Gasteiger partial charge in [0.1, 0.15) is 11.6 Å². The van der Waals surface area contributed by atoms with Crippen LogP contribution in [0.1, 0.15) is 12.2 Å². The van der Waals surface area contributed by atoms with Crippen molar-refractivity contribution >= 4 is 33.6 Å². The number of nitrogens with zero attached hydrogens (tertiary/aromatic N) is 3. The minimum atomic E-state index is -0.333. The van der Waals surface area contributed by atoms with Crippen molar-refractivity contribution in [3.8, 4) is 5.75 Å². The zero-order chi connectivity index (χ0) is 15.9. The average Bonchev–Trinajstić information content (AvgIpc) is 2.84. The van der Waals surface area contributed by atoms with Crippen LogP contribution in [0.15, 0.2) is 33.9 Å². The molecule has 1 amide bonds. The van der Waals surface area contributed by atoms with E-state index in [0.717, 1.165) is 27.0 Å². The minimum Gasteiger partial charge on any atom is -0.493 e. The quantitative estimate of drug-likeness (QED) is 0.556. The van der Waals surface area contributed by atoms with Gasteiger partial charge in [-0.2, -0.15) is 0 Å². The number of nitrogens with two attached hydrogens (primary N) is 1. The number of carbonyl (C=O) groups is 1. The number of benzene rings is 1. The van der Waals surface area contributed by atoms with E-state index in [2.05, 4.69) is 26.1 Å². The van der Waals surface area contributed by atoms with Gasteiger partial charge in [-0.1, -0.05) is 27.7 Å². The molecule has 0 bridgehead atoms. The topological polar surface area (TPSA) is 83.0 Å². The predicted molar refractivity (Wildman–Crippen MR) is 88.9 cm³/mol. The highest BCUT2D eigenvalue weighted by atomic mass is 79.9. The molecular weight excluding hydrogens is 368 g/mol. The molecule has 0 aliphatic carbocycles. The minimum absolute atomic E-state index is 0.281. The second kappa shape index (κ2) is 8.19. The summed E-state index contributed by atoms with van der Waals surface area (Å²) in [4.78, 5) is 10.8. The fourth-order valence-electron chi connectivity index (χ4n) is 1.75. The lowest BCUT2D eigenvalue weighted by molar-refractivity contribution is -0.118. The highest BCUT2D eigenvalue weighted by molar-refractivity contribution is 9.10. The summed E-state index contributed by atoms with van der Waals surface area (Å²) in [6.07, 6.45) is 0.790. The largest absolute Gasteiger partial charge is 0.493 e. The number of carbonyl (C=O) groups excluding carboxylic acids is 1. The van der Waals surface area contributed by atoms with Gasteiger partial charge in [-0.15, -0.1) is 10.2 Å². The van der Waals surface area contributed by atoms with E-state index in [0.29, 0.717) is 13.0 Å². The third kappa shape index (κ3) is 5.03. The van der Waals surface area contributed by atoms with E-state index in [-0.39, 0.29) is 12.3 Å². The summed E-state index contributed by atoms with van der Waals surface area (Å²) in [6, 6.07) is 7.71. The Labute approximate surface area is 141 Å². The lowest BCUT2D eigenvalue weighted by Crippen LogP contribution is -2.12. The molecule has 1 heterocycles. The monoisotopic (exact) mass is 384 g/mol. The van der Waals surface area contributed by atoms with Crippen molar-refractivity contribution in [2.24, 2.45) is 12.8 Å². The van der Waals surface area contributed by atoms with E-state index >= 15 is 0 Å². The summed E-state index contributed by atoms with van der Waals surface area (Å²) in [5, 5.41) is 8.99. The van der Waals surface area contributed by atoms with Crippen LogP contribution in [-0.2, 0) is 18.3 Å². The average molecular weight is 385 g/mol. The molecule has 0 fully saturated rings. The molecule has 0 spiro atoms. The van der Waals surface area contributed by atoms with Gasteiger partial charge in [-0.25, -0.2) is 0 Å². The molecule has 0 unspecified atom stereocenters. The molecule has 8 heteroatoms. The molecule has 2 rings (SSSR count). The number of halogens is 1. The normalized spacial score (nSPS) is 10.6. The van der Waals surface area contributed by atoms with E-state index in [1.807, 2.05) is 35.9 Å². The van der Waals surface area contributed by atoms with E-state index in [9.17, 15) is 4.79 Å². The van der Waals surface area contributed by atoms with Crippen molar-refractivity contribution in [1.29, 1.82) is 0 Å². The van der Waals surface area contributed by atoms with Crippen LogP contribution >= 0.6 is 27.7 Å². The van der Waals surface area contributed by atoms with Crippen LogP contribution in [-0.4, -0.2) is 33.0 Å². The van der Waals surface area contributed by atoms with Crippen LogP contribution in [0, 0.1) is 0 Å². The Morgan fingerprint density at radius 1 is 1.36 bits per heavy atom. The molecule has 0 saturated carbocycles. The van der Waals surface area contributed by atoms with E-state index in [1.165, 1.54) is 0 Å². The van der Waals surface area contributed by atoms with Gasteiger partial charge in [0.25, 0.3) is 0 Å². The maximum Gasteiger partial charge on any atom is 0.217 e. The third-order valence-electron chi connectivity index (χ3n) is 2.92. The molecule has 6 nitrogen and oxygen atoms in total. The Morgan fingerprint density at radius 2 is 2.09 bits per heavy atom. The summed E-state index contributed by atoms with van der Waals surface area (Å²) >= 11 is 4.95. The van der Waals surface area contributed by atoms with Crippen molar-refractivity contribution < 1.29 is 9.53 Å². The van der Waals surface area contributed by atoms with Crippen molar-refractivity contribution in [3.05, 3.63) is 34.6 Å². The number of hydrogen-bond acceptors (Lipinski definition) is 5. The van der Waals surface area contributed by atoms with Crippen molar-refractivity contribution in [2.45, 2.75) is 18.0 Å². The first-order chi connectivity index (χ1) is 10.6. The molecule has 22 heavy (non-hydrogen) atoms. The van der Waals surface area contributed by atoms with E-state index in [4.69, 9.17) is 10.5 Å². The molecule has 0 radical (unpaired) electrons. The first-order valence-electron chi connectivity index (χ1n) is 6.74. The van der Waals surface area contributed by atoms with Crippen LogP contribution in [0.5, 0.6) is 5.75 Å². The molecule has 2 N–H and O–H groups in total. The molecule has 0 aliphatic heterocycles. The fraction of sp³-hybridized carbons (Fsp3) is 0.357. The summed E-state index contributed by atoms with van der Waals surface area (Å²) in [6.45, 7) is 0.579. The summed E-state index contributed by atoms with van der Waals surface area (Å²) in [7, 11) is 1.88. The molecule has 1 aromatic heterocycles. The summed E-state index contributed by atoms with van der Waals surface area (Å²) < 4.78 is 8.56. The number of aromatic nitrogens is 3. The number of hydrogen-bond donors (Lipinski definition) is 1. The van der Waals surface area contributed by atoms with Gasteiger partial charge in [0.05, 0.1) is 6.61 Å². The molecule has 2 aromatic rings. The molecule has 118 valence electrons. The van der Waals surface area contributed by atoms with Gasteiger partial charge in [0, 0.05) is 30.1 Å². The molecule has 1 aromatic carbocycles. The summed E-state index contributed by atoms with van der Waals surface area (Å²) in [5.74, 6) is 2.02. The first kappa shape index (κ1) is 16.8. The van der Waals surface area contributed by atoms with Gasteiger partial charge >= 0.3 is 0 Å². The number of ether oxygens (including phenoxy) is 1. The molecular formula is C14H17BrN4O2S. The number of aryl methyl sites for hydroxylation is 1. The second-order valence-corrected chi connectivity index (χ2v) is 6.55. The number of rotatable bonds is 8. The van der Waals surface area contributed by atoms with Gasteiger partial charge in [0.15, 0.2) is 5.16 Å². The lowest BCUT2D eigenvalue weighted by atomic mass is 10.3. The molecule has 0 saturated heterocycles. The smallest absolute Gasteiger partial charge is 0.217 e. The van der Waals surface area contributed by atoms with Gasteiger partial charge in [-0.05, 0) is 24.3 Å². The number of thioether (sulfide) groups is 1. The fourth-order valence-corrected chi connectivity index (χ4v) is 2.76. The van der Waals surface area contributed by atoms with Crippen molar-refractivity contribution in [3.63, 3.8) is 0 Å². The standard InChI is InChI=1S/C14H17BrN4O2S/c1-19-13(7-6-12(16)20)17-18-14(19)22-9-8-21-11-4-2-10(15)3-5-11/h2-5H,6-9H2,1H3,(H2,16,20). The number of primary amides is 1. The second-order valence-electron chi connectivity index (χ2n) is 4.57. The lowest BCUT2D eigenvalue weighted by Gasteiger charge is -2.06. The maximum atomic E-state index is 10.8. The van der Waals surface area contributed by atoms with Crippen LogP contribution in [0.4, 0.5) is 0 Å². The highest BCUT2D eigenvalue weighted by Crippen LogP contribution is 2.18. The zero-order valence-corrected chi connectivity index (χ0v) is 14.6. The van der Waals surface area contributed by atoms with Gasteiger partial charge < -0.3 is 15.0 Å². The van der Waals surface area contributed by atoms with E-state index < -0.39 is 0 Å². The van der Waals surface area contributed by atoms with Gasteiger partial charge in [0.2, 0.25) is 5.91 Å². The number of amides is 1. The molecule has 0 aliphatic rings. The Kier molecular flexibility index (Phi) is 6.26. The Bertz CT molecular complexity index is 630.